The Morgan fingerprint density at radius 3 is 2.77 bits per heavy atom. The number of carbonyl (C=O) groups excluding carboxylic acids is 1. The van der Waals surface area contributed by atoms with Crippen LogP contribution in [0.15, 0.2) is 55.4 Å². The van der Waals surface area contributed by atoms with Crippen LogP contribution in [0.5, 0.6) is 0 Å². The lowest BCUT2D eigenvalue weighted by Crippen LogP contribution is -2.40. The number of hydrogen-bond acceptors (Lipinski definition) is 3. The number of rotatable bonds is 4. The molecule has 3 aromatic rings. The van der Waals surface area contributed by atoms with Crippen LogP contribution in [0.2, 0.25) is 0 Å². The molecule has 1 aliphatic rings. The van der Waals surface area contributed by atoms with Crippen LogP contribution in [0.3, 0.4) is 0 Å². The maximum absolute atomic E-state index is 12.9. The van der Waals surface area contributed by atoms with Crippen LogP contribution in [0.1, 0.15) is 42.0 Å². The minimum Gasteiger partial charge on any atom is -0.337 e. The second-order valence-corrected chi connectivity index (χ2v) is 6.67. The molecule has 26 heavy (non-hydrogen) atoms. The van der Waals surface area contributed by atoms with E-state index in [4.69, 9.17) is 0 Å². The van der Waals surface area contributed by atoms with Crippen LogP contribution in [0.4, 0.5) is 0 Å². The second-order valence-electron chi connectivity index (χ2n) is 6.67. The van der Waals surface area contributed by atoms with E-state index in [-0.39, 0.29) is 5.91 Å². The van der Waals surface area contributed by atoms with Crippen molar-refractivity contribution in [3.8, 4) is 5.69 Å². The lowest BCUT2D eigenvalue weighted by Gasteiger charge is -2.34. The van der Waals surface area contributed by atoms with Gasteiger partial charge in [0.05, 0.1) is 12.4 Å². The molecule has 3 heterocycles. The molecule has 6 nitrogen and oxygen atoms in total. The molecule has 0 aliphatic carbocycles. The third-order valence-electron chi connectivity index (χ3n) is 5.06. The average molecular weight is 349 g/mol. The van der Waals surface area contributed by atoms with E-state index in [1.807, 2.05) is 52.3 Å². The number of aromatic nitrogens is 4. The Kier molecular flexibility index (Phi) is 4.56. The normalized spacial score (nSPS) is 17.4. The molecule has 134 valence electrons. The Morgan fingerprint density at radius 1 is 1.19 bits per heavy atom. The van der Waals surface area contributed by atoms with E-state index in [0.29, 0.717) is 6.04 Å². The van der Waals surface area contributed by atoms with Gasteiger partial charge in [-0.05, 0) is 37.1 Å². The summed E-state index contributed by atoms with van der Waals surface area (Å²) in [6.45, 7) is 3.67. The predicted molar refractivity (Wildman–Crippen MR) is 99.3 cm³/mol. The van der Waals surface area contributed by atoms with E-state index in [2.05, 4.69) is 21.5 Å². The van der Waals surface area contributed by atoms with Crippen molar-refractivity contribution >= 4 is 5.91 Å². The topological polar surface area (TPSA) is 56.0 Å². The monoisotopic (exact) mass is 349 g/mol. The molecule has 4 rings (SSSR count). The fourth-order valence-electron chi connectivity index (χ4n) is 3.69. The number of carbonyl (C=O) groups is 1. The van der Waals surface area contributed by atoms with Gasteiger partial charge in [-0.1, -0.05) is 6.92 Å². The van der Waals surface area contributed by atoms with Gasteiger partial charge in [-0.2, -0.15) is 0 Å². The van der Waals surface area contributed by atoms with Gasteiger partial charge in [0.2, 0.25) is 0 Å². The Morgan fingerprint density at radius 2 is 2.04 bits per heavy atom. The fraction of sp³-hybridized carbons (Fsp3) is 0.350. The SMILES string of the molecule is CCc1nccn1[C@H]1CCCN(C(=O)c2ccc(-n3ccnc3)cc2)C1. The van der Waals surface area contributed by atoms with Crippen molar-refractivity contribution in [2.45, 2.75) is 32.2 Å². The van der Waals surface area contributed by atoms with Crippen LogP contribution in [-0.2, 0) is 6.42 Å². The van der Waals surface area contributed by atoms with E-state index in [0.717, 1.165) is 49.4 Å². The first-order chi connectivity index (χ1) is 12.8. The lowest BCUT2D eigenvalue weighted by molar-refractivity contribution is 0.0678. The zero-order chi connectivity index (χ0) is 17.9. The number of piperidine rings is 1. The van der Waals surface area contributed by atoms with Gasteiger partial charge in [0.1, 0.15) is 5.82 Å². The van der Waals surface area contributed by atoms with Crippen molar-refractivity contribution in [3.05, 3.63) is 66.8 Å². The van der Waals surface area contributed by atoms with Gasteiger partial charge < -0.3 is 14.0 Å². The van der Waals surface area contributed by atoms with E-state index >= 15 is 0 Å². The second kappa shape index (κ2) is 7.15. The summed E-state index contributed by atoms with van der Waals surface area (Å²) in [5, 5.41) is 0. The van der Waals surface area contributed by atoms with Crippen LogP contribution >= 0.6 is 0 Å². The first-order valence-electron chi connectivity index (χ1n) is 9.15. The largest absolute Gasteiger partial charge is 0.337 e. The molecule has 1 amide bonds. The molecule has 0 bridgehead atoms. The van der Waals surface area contributed by atoms with Crippen LogP contribution in [0.25, 0.3) is 5.69 Å². The molecule has 6 heteroatoms. The molecule has 1 saturated heterocycles. The molecular weight excluding hydrogens is 326 g/mol. The summed E-state index contributed by atoms with van der Waals surface area (Å²) in [7, 11) is 0. The highest BCUT2D eigenvalue weighted by Gasteiger charge is 2.26. The van der Waals surface area contributed by atoms with Crippen LogP contribution in [-0.4, -0.2) is 43.0 Å². The summed E-state index contributed by atoms with van der Waals surface area (Å²) in [5.74, 6) is 1.19. The molecule has 2 aromatic heterocycles. The molecule has 1 fully saturated rings. The van der Waals surface area contributed by atoms with Gasteiger partial charge in [-0.15, -0.1) is 0 Å². The Bertz CT molecular complexity index is 866. The molecule has 0 N–H and O–H groups in total. The van der Waals surface area contributed by atoms with Crippen molar-refractivity contribution in [1.82, 2.24) is 24.0 Å². The van der Waals surface area contributed by atoms with Gasteiger partial charge >= 0.3 is 0 Å². The molecule has 0 saturated carbocycles. The Hall–Kier alpha value is -2.89. The first kappa shape index (κ1) is 16.6. The maximum Gasteiger partial charge on any atom is 0.253 e. The van der Waals surface area contributed by atoms with Crippen molar-refractivity contribution in [3.63, 3.8) is 0 Å². The number of nitrogens with zero attached hydrogens (tertiary/aromatic N) is 5. The standard InChI is InChI=1S/C20H23N5O/c1-2-19-22-10-13-25(19)18-4-3-11-23(14-18)20(26)16-5-7-17(8-6-16)24-12-9-21-15-24/h5-10,12-13,15,18H,2-4,11,14H2,1H3/t18-/m0/s1. The zero-order valence-electron chi connectivity index (χ0n) is 15.0. The zero-order valence-corrected chi connectivity index (χ0v) is 15.0. The van der Waals surface area contributed by atoms with E-state index in [9.17, 15) is 4.79 Å². The van der Waals surface area contributed by atoms with Gasteiger partial charge in [0.25, 0.3) is 5.91 Å². The highest BCUT2D eigenvalue weighted by atomic mass is 16.2. The highest BCUT2D eigenvalue weighted by Crippen LogP contribution is 2.24. The van der Waals surface area contributed by atoms with Crippen molar-refractivity contribution in [2.24, 2.45) is 0 Å². The van der Waals surface area contributed by atoms with E-state index in [1.165, 1.54) is 0 Å². The summed E-state index contributed by atoms with van der Waals surface area (Å²) in [5.41, 5.74) is 1.73. The van der Waals surface area contributed by atoms with Gasteiger partial charge in [-0.25, -0.2) is 9.97 Å². The molecule has 1 aromatic carbocycles. The highest BCUT2D eigenvalue weighted by molar-refractivity contribution is 5.94. The Balaban J connectivity index is 1.49. The number of hydrogen-bond donors (Lipinski definition) is 0. The first-order valence-corrected chi connectivity index (χ1v) is 9.15. The third-order valence-corrected chi connectivity index (χ3v) is 5.06. The van der Waals surface area contributed by atoms with Gasteiger partial charge in [-0.3, -0.25) is 4.79 Å². The summed E-state index contributed by atoms with van der Waals surface area (Å²) in [4.78, 5) is 23.4. The summed E-state index contributed by atoms with van der Waals surface area (Å²) >= 11 is 0. The molecule has 1 aliphatic heterocycles. The third kappa shape index (κ3) is 3.14. The average Bonchev–Trinajstić information content (AvgIpc) is 3.39. The summed E-state index contributed by atoms with van der Waals surface area (Å²) in [6.07, 6.45) is 12.3. The van der Waals surface area contributed by atoms with E-state index in [1.54, 1.807) is 12.5 Å². The molecule has 0 unspecified atom stereocenters. The smallest absolute Gasteiger partial charge is 0.253 e. The number of imidazole rings is 2. The lowest BCUT2D eigenvalue weighted by atomic mass is 10.0. The number of amides is 1. The van der Waals surface area contributed by atoms with Crippen molar-refractivity contribution in [2.75, 3.05) is 13.1 Å². The summed E-state index contributed by atoms with van der Waals surface area (Å²) in [6, 6.07) is 8.03. The minimum absolute atomic E-state index is 0.102. The van der Waals surface area contributed by atoms with Crippen molar-refractivity contribution < 1.29 is 4.79 Å². The molecular formula is C20H23N5O. The molecule has 1 atom stereocenters. The summed E-state index contributed by atoms with van der Waals surface area (Å²) < 4.78 is 4.16. The van der Waals surface area contributed by atoms with E-state index < -0.39 is 0 Å². The van der Waals surface area contributed by atoms with Crippen LogP contribution < -0.4 is 0 Å². The molecule has 0 spiro atoms. The minimum atomic E-state index is 0.102. The van der Waals surface area contributed by atoms with Crippen molar-refractivity contribution in [1.29, 1.82) is 0 Å². The van der Waals surface area contributed by atoms with Gasteiger partial charge in [0.15, 0.2) is 0 Å². The quantitative estimate of drug-likeness (QED) is 0.727. The van der Waals surface area contributed by atoms with Crippen LogP contribution in [0, 0.1) is 0 Å². The Labute approximate surface area is 153 Å². The number of likely N-dealkylation sites (tertiary alicyclic amines) is 1. The fourth-order valence-corrected chi connectivity index (χ4v) is 3.69. The number of aryl methyl sites for hydroxylation is 1. The maximum atomic E-state index is 12.9. The van der Waals surface area contributed by atoms with Gasteiger partial charge in [0, 0.05) is 55.5 Å². The predicted octanol–water partition coefficient (Wildman–Crippen LogP) is 3.11. The number of benzene rings is 1. The molecule has 0 radical (unpaired) electrons.